The summed E-state index contributed by atoms with van der Waals surface area (Å²) in [5.74, 6) is -2.13. The first-order chi connectivity index (χ1) is 13.3. The number of hydrogen-bond acceptors (Lipinski definition) is 5. The number of hydrogen-bond donors (Lipinski definition) is 2. The van der Waals surface area contributed by atoms with E-state index in [0.717, 1.165) is 11.8 Å². The van der Waals surface area contributed by atoms with Gasteiger partial charge in [-0.05, 0) is 42.5 Å². The molecule has 0 bridgehead atoms. The van der Waals surface area contributed by atoms with Gasteiger partial charge in [0.25, 0.3) is 0 Å². The first kappa shape index (κ1) is 19.6. The van der Waals surface area contributed by atoms with Crippen LogP contribution in [0.1, 0.15) is 16.8 Å². The molecule has 1 fully saturated rings. The Bertz CT molecular complexity index is 962. The predicted molar refractivity (Wildman–Crippen MR) is 104 cm³/mol. The number of amidine groups is 1. The van der Waals surface area contributed by atoms with Gasteiger partial charge < -0.3 is 10.4 Å². The van der Waals surface area contributed by atoms with Gasteiger partial charge in [0.2, 0.25) is 11.8 Å². The molecule has 2 aromatic rings. The number of aromatic carboxylic acids is 1. The highest BCUT2D eigenvalue weighted by molar-refractivity contribution is 8.15. The van der Waals surface area contributed by atoms with Crippen LogP contribution in [-0.2, 0) is 9.59 Å². The van der Waals surface area contributed by atoms with Crippen LogP contribution in [0.3, 0.4) is 0 Å². The molecule has 0 aliphatic carbocycles. The number of halogens is 1. The van der Waals surface area contributed by atoms with Crippen LogP contribution in [0.5, 0.6) is 0 Å². The Labute approximate surface area is 164 Å². The van der Waals surface area contributed by atoms with Crippen LogP contribution in [0.4, 0.5) is 15.8 Å². The first-order valence-corrected chi connectivity index (χ1v) is 9.13. The molecule has 7 nitrogen and oxygen atoms in total. The average molecular weight is 401 g/mol. The van der Waals surface area contributed by atoms with E-state index in [1.54, 1.807) is 13.1 Å². The van der Waals surface area contributed by atoms with Crippen LogP contribution in [-0.4, -0.2) is 45.3 Å². The Morgan fingerprint density at radius 2 is 1.96 bits per heavy atom. The third-order valence-electron chi connectivity index (χ3n) is 3.96. The highest BCUT2D eigenvalue weighted by Crippen LogP contribution is 2.30. The van der Waals surface area contributed by atoms with Gasteiger partial charge in [0.1, 0.15) is 11.1 Å². The minimum absolute atomic E-state index is 0.0727. The SMILES string of the molecule is CN1C(=O)C(CC(=O)Nc2ccc(C(=O)O)cc2)SC1=Nc1cccc(F)c1. The number of rotatable bonds is 5. The van der Waals surface area contributed by atoms with Crippen molar-refractivity contribution < 1.29 is 23.9 Å². The number of aliphatic imine (C=N–C) groups is 1. The lowest BCUT2D eigenvalue weighted by Crippen LogP contribution is -2.30. The van der Waals surface area contributed by atoms with Gasteiger partial charge >= 0.3 is 5.97 Å². The minimum atomic E-state index is -1.06. The number of amides is 2. The van der Waals surface area contributed by atoms with E-state index >= 15 is 0 Å². The Hall–Kier alpha value is -3.20. The molecule has 144 valence electrons. The number of nitrogens with one attached hydrogen (secondary N) is 1. The first-order valence-electron chi connectivity index (χ1n) is 8.25. The molecule has 0 aromatic heterocycles. The summed E-state index contributed by atoms with van der Waals surface area (Å²) in [6, 6.07) is 11.4. The third-order valence-corrected chi connectivity index (χ3v) is 5.19. The molecule has 1 saturated heterocycles. The molecule has 0 spiro atoms. The molecule has 0 saturated carbocycles. The lowest BCUT2D eigenvalue weighted by molar-refractivity contribution is -0.127. The molecule has 1 aliphatic heterocycles. The summed E-state index contributed by atoms with van der Waals surface area (Å²) in [6.07, 6.45) is -0.0727. The van der Waals surface area contributed by atoms with Crippen LogP contribution in [0.25, 0.3) is 0 Å². The minimum Gasteiger partial charge on any atom is -0.478 e. The largest absolute Gasteiger partial charge is 0.478 e. The maximum Gasteiger partial charge on any atom is 0.335 e. The molecule has 1 aliphatic rings. The van der Waals surface area contributed by atoms with Crippen LogP contribution < -0.4 is 5.32 Å². The maximum atomic E-state index is 13.3. The molecule has 2 amide bonds. The van der Waals surface area contributed by atoms with Crippen molar-refractivity contribution in [1.29, 1.82) is 0 Å². The Kier molecular flexibility index (Phi) is 5.74. The number of carbonyl (C=O) groups excluding carboxylic acids is 2. The Morgan fingerprint density at radius 3 is 2.61 bits per heavy atom. The second kappa shape index (κ2) is 8.22. The summed E-state index contributed by atoms with van der Waals surface area (Å²) in [7, 11) is 1.55. The summed E-state index contributed by atoms with van der Waals surface area (Å²) in [5, 5.41) is 11.3. The number of carboxylic acid groups (broad SMARTS) is 1. The third kappa shape index (κ3) is 4.55. The lowest BCUT2D eigenvalue weighted by atomic mass is 10.2. The van der Waals surface area contributed by atoms with Crippen molar-refractivity contribution in [2.75, 3.05) is 12.4 Å². The second-order valence-electron chi connectivity index (χ2n) is 6.01. The molecule has 1 atom stereocenters. The van der Waals surface area contributed by atoms with Gasteiger partial charge in [0.15, 0.2) is 5.17 Å². The smallest absolute Gasteiger partial charge is 0.335 e. The quantitative estimate of drug-likeness (QED) is 0.802. The molecule has 28 heavy (non-hydrogen) atoms. The van der Waals surface area contributed by atoms with Gasteiger partial charge in [-0.1, -0.05) is 17.8 Å². The van der Waals surface area contributed by atoms with E-state index < -0.39 is 17.0 Å². The molecule has 0 radical (unpaired) electrons. The highest BCUT2D eigenvalue weighted by atomic mass is 32.2. The predicted octanol–water partition coefficient (Wildman–Crippen LogP) is 3.11. The van der Waals surface area contributed by atoms with E-state index in [0.29, 0.717) is 16.5 Å². The van der Waals surface area contributed by atoms with E-state index in [1.165, 1.54) is 47.4 Å². The van der Waals surface area contributed by atoms with Gasteiger partial charge in [-0.25, -0.2) is 14.2 Å². The fourth-order valence-electron chi connectivity index (χ4n) is 2.53. The van der Waals surface area contributed by atoms with Gasteiger partial charge in [0, 0.05) is 19.2 Å². The molecule has 1 unspecified atom stereocenters. The molecule has 2 aromatic carbocycles. The normalized spacial score (nSPS) is 17.8. The summed E-state index contributed by atoms with van der Waals surface area (Å²) >= 11 is 1.14. The number of anilines is 1. The Balaban J connectivity index is 1.64. The van der Waals surface area contributed by atoms with Crippen LogP contribution in [0, 0.1) is 5.82 Å². The van der Waals surface area contributed by atoms with Crippen molar-refractivity contribution in [2.24, 2.45) is 4.99 Å². The van der Waals surface area contributed by atoms with Crippen molar-refractivity contribution in [2.45, 2.75) is 11.7 Å². The lowest BCUT2D eigenvalue weighted by Gasteiger charge is -2.09. The van der Waals surface area contributed by atoms with Crippen molar-refractivity contribution in [3.05, 3.63) is 59.9 Å². The second-order valence-corrected chi connectivity index (χ2v) is 7.18. The van der Waals surface area contributed by atoms with Crippen LogP contribution in [0.2, 0.25) is 0 Å². The zero-order valence-electron chi connectivity index (χ0n) is 14.8. The summed E-state index contributed by atoms with van der Waals surface area (Å²) in [4.78, 5) is 41.1. The molecule has 3 rings (SSSR count). The van der Waals surface area contributed by atoms with E-state index in [9.17, 15) is 18.8 Å². The zero-order valence-corrected chi connectivity index (χ0v) is 15.6. The van der Waals surface area contributed by atoms with Gasteiger partial charge in [-0.15, -0.1) is 0 Å². The number of carboxylic acids is 1. The van der Waals surface area contributed by atoms with Crippen molar-refractivity contribution in [3.8, 4) is 0 Å². The van der Waals surface area contributed by atoms with E-state index in [-0.39, 0.29) is 23.8 Å². The molecular weight excluding hydrogens is 385 g/mol. The maximum absolute atomic E-state index is 13.3. The van der Waals surface area contributed by atoms with Gasteiger partial charge in [0.05, 0.1) is 11.3 Å². The van der Waals surface area contributed by atoms with Gasteiger partial charge in [-0.2, -0.15) is 0 Å². The Morgan fingerprint density at radius 1 is 1.25 bits per heavy atom. The summed E-state index contributed by atoms with van der Waals surface area (Å²) in [6.45, 7) is 0. The number of thioether (sulfide) groups is 1. The zero-order chi connectivity index (χ0) is 20.3. The summed E-state index contributed by atoms with van der Waals surface area (Å²) in [5.41, 5.74) is 0.928. The fraction of sp³-hybridized carbons (Fsp3) is 0.158. The summed E-state index contributed by atoms with van der Waals surface area (Å²) < 4.78 is 13.3. The van der Waals surface area contributed by atoms with Crippen molar-refractivity contribution in [1.82, 2.24) is 4.90 Å². The van der Waals surface area contributed by atoms with Crippen LogP contribution >= 0.6 is 11.8 Å². The van der Waals surface area contributed by atoms with E-state index in [1.807, 2.05) is 0 Å². The van der Waals surface area contributed by atoms with E-state index in [2.05, 4.69) is 10.3 Å². The standard InChI is InChI=1S/C19H16FN3O4S/c1-23-17(25)15(28-19(23)22-14-4-2-3-12(20)9-14)10-16(24)21-13-7-5-11(6-8-13)18(26)27/h2-9,15H,10H2,1H3,(H,21,24)(H,26,27). The fourth-order valence-corrected chi connectivity index (χ4v) is 3.68. The van der Waals surface area contributed by atoms with Crippen molar-refractivity contribution in [3.63, 3.8) is 0 Å². The van der Waals surface area contributed by atoms with Crippen LogP contribution in [0.15, 0.2) is 53.5 Å². The topological polar surface area (TPSA) is 99.1 Å². The van der Waals surface area contributed by atoms with E-state index in [4.69, 9.17) is 5.11 Å². The molecule has 1 heterocycles. The number of nitrogens with zero attached hydrogens (tertiary/aromatic N) is 2. The molecular formula is C19H16FN3O4S. The number of benzene rings is 2. The highest BCUT2D eigenvalue weighted by Gasteiger charge is 2.37. The molecule has 9 heteroatoms. The van der Waals surface area contributed by atoms with Gasteiger partial charge in [-0.3, -0.25) is 14.5 Å². The number of carbonyl (C=O) groups is 3. The average Bonchev–Trinajstić information content (AvgIpc) is 2.90. The monoisotopic (exact) mass is 401 g/mol. The molecule has 2 N–H and O–H groups in total. The van der Waals surface area contributed by atoms with Crippen molar-refractivity contribution >= 4 is 46.1 Å².